The monoisotopic (exact) mass is 580 g/mol. The van der Waals surface area contributed by atoms with Crippen LogP contribution in [-0.4, -0.2) is 59.7 Å². The molecule has 42 heavy (non-hydrogen) atoms. The molecule has 1 amide bonds. The van der Waals surface area contributed by atoms with Crippen LogP contribution in [0.1, 0.15) is 34.6 Å². The fourth-order valence-electron chi connectivity index (χ4n) is 5.36. The van der Waals surface area contributed by atoms with E-state index < -0.39 is 22.6 Å². The summed E-state index contributed by atoms with van der Waals surface area (Å²) in [6.45, 7) is 4.39. The highest BCUT2D eigenvalue weighted by atomic mass is 19.4. The quantitative estimate of drug-likeness (QED) is 0.195. The van der Waals surface area contributed by atoms with Crippen LogP contribution >= 0.6 is 0 Å². The van der Waals surface area contributed by atoms with Crippen molar-refractivity contribution in [3.63, 3.8) is 0 Å². The molecule has 220 valence electrons. The van der Waals surface area contributed by atoms with Crippen LogP contribution in [-0.2, 0) is 22.3 Å². The fraction of sp³-hybridized carbons (Fsp3) is 0.323. The van der Waals surface area contributed by atoms with Crippen LogP contribution in [0.25, 0.3) is 10.9 Å². The van der Waals surface area contributed by atoms with Gasteiger partial charge in [0, 0.05) is 74.3 Å². The Morgan fingerprint density at radius 2 is 1.74 bits per heavy atom. The number of hydrogen-bond donors (Lipinski definition) is 1. The topological polar surface area (TPSA) is 89.6 Å². The van der Waals surface area contributed by atoms with Crippen molar-refractivity contribution < 1.29 is 27.6 Å². The molecule has 1 fully saturated rings. The van der Waals surface area contributed by atoms with Crippen LogP contribution in [0.2, 0.25) is 0 Å². The van der Waals surface area contributed by atoms with Crippen molar-refractivity contribution in [3.8, 4) is 0 Å². The predicted octanol–water partition coefficient (Wildman–Crippen LogP) is 5.59. The van der Waals surface area contributed by atoms with Crippen LogP contribution in [0.15, 0.2) is 79.0 Å². The number of morpholine rings is 1. The molecule has 2 heterocycles. The highest BCUT2D eigenvalue weighted by Crippen LogP contribution is 2.38. The Morgan fingerprint density at radius 3 is 2.40 bits per heavy atom. The third-order valence-electron chi connectivity index (χ3n) is 7.56. The van der Waals surface area contributed by atoms with Crippen LogP contribution in [0.5, 0.6) is 0 Å². The number of non-ortho nitro benzene ring substituents is 1. The summed E-state index contributed by atoms with van der Waals surface area (Å²) in [6.07, 6.45) is -2.69. The highest BCUT2D eigenvalue weighted by molar-refractivity contribution is 5.88. The Hall–Kier alpha value is -4.22. The summed E-state index contributed by atoms with van der Waals surface area (Å²) in [5.41, 5.74) is 1.98. The minimum Gasteiger partial charge on any atom is -0.379 e. The van der Waals surface area contributed by atoms with Crippen molar-refractivity contribution in [1.29, 1.82) is 0 Å². The lowest BCUT2D eigenvalue weighted by Gasteiger charge is -2.26. The SMILES string of the molecule is O=C(C[C@@H](c1ccc(C(F)(F)F)cc1)c1cn(Cc2ccccc2)c2ccc([N+](=O)[O-])cc12)NCCN1CCOCC1. The molecule has 4 aromatic rings. The largest absolute Gasteiger partial charge is 0.416 e. The van der Waals surface area contributed by atoms with Gasteiger partial charge < -0.3 is 14.6 Å². The highest BCUT2D eigenvalue weighted by Gasteiger charge is 2.31. The fourth-order valence-corrected chi connectivity index (χ4v) is 5.36. The molecule has 0 aliphatic carbocycles. The van der Waals surface area contributed by atoms with Gasteiger partial charge in [-0.2, -0.15) is 13.2 Å². The third-order valence-corrected chi connectivity index (χ3v) is 7.56. The first-order valence-electron chi connectivity index (χ1n) is 13.7. The number of nitro benzene ring substituents is 1. The Kier molecular flexibility index (Phi) is 8.89. The summed E-state index contributed by atoms with van der Waals surface area (Å²) in [6, 6.07) is 19.0. The second kappa shape index (κ2) is 12.7. The van der Waals surface area contributed by atoms with Crippen LogP contribution in [0, 0.1) is 10.1 Å². The maximum absolute atomic E-state index is 13.3. The van der Waals surface area contributed by atoms with Gasteiger partial charge in [0.15, 0.2) is 0 Å². The van der Waals surface area contributed by atoms with Crippen molar-refractivity contribution in [2.75, 3.05) is 39.4 Å². The molecular formula is C31H31F3N4O4. The molecule has 0 saturated carbocycles. The smallest absolute Gasteiger partial charge is 0.379 e. The number of carbonyl (C=O) groups excluding carboxylic acids is 1. The van der Waals surface area contributed by atoms with Crippen LogP contribution < -0.4 is 5.32 Å². The maximum Gasteiger partial charge on any atom is 0.416 e. The Morgan fingerprint density at radius 1 is 1.02 bits per heavy atom. The predicted molar refractivity (Wildman–Crippen MR) is 152 cm³/mol. The number of amides is 1. The summed E-state index contributed by atoms with van der Waals surface area (Å²) in [5, 5.41) is 15.2. The molecule has 1 aliphatic heterocycles. The van der Waals surface area contributed by atoms with Gasteiger partial charge in [0.25, 0.3) is 5.69 Å². The van der Waals surface area contributed by atoms with E-state index in [2.05, 4.69) is 10.2 Å². The lowest BCUT2D eigenvalue weighted by molar-refractivity contribution is -0.384. The zero-order valence-electron chi connectivity index (χ0n) is 22.8. The van der Waals surface area contributed by atoms with Crippen molar-refractivity contribution in [2.45, 2.75) is 25.1 Å². The normalized spacial score (nSPS) is 15.0. The average molecular weight is 581 g/mol. The number of halogens is 3. The van der Waals surface area contributed by atoms with E-state index >= 15 is 0 Å². The number of aromatic nitrogens is 1. The summed E-state index contributed by atoms with van der Waals surface area (Å²) >= 11 is 0. The summed E-state index contributed by atoms with van der Waals surface area (Å²) < 4.78 is 47.3. The van der Waals surface area contributed by atoms with Gasteiger partial charge in [0.05, 0.1) is 23.7 Å². The number of alkyl halides is 3. The molecule has 0 radical (unpaired) electrons. The maximum atomic E-state index is 13.3. The Bertz CT molecular complexity index is 1530. The molecule has 1 aliphatic rings. The standard InChI is InChI=1S/C31H31F3N4O4/c32-31(33,34)24-8-6-23(7-9-24)26(19-30(39)35-12-13-36-14-16-42-17-15-36)28-21-37(20-22-4-2-1-3-5-22)29-11-10-25(38(40)41)18-27(28)29/h1-11,18,21,26H,12-17,19-20H2,(H,35,39)/t26-/m0/s1. The molecule has 1 atom stereocenters. The van der Waals surface area contributed by atoms with E-state index in [1.54, 1.807) is 6.07 Å². The number of nitro groups is 1. The molecule has 0 spiro atoms. The van der Waals surface area contributed by atoms with E-state index in [1.165, 1.54) is 24.3 Å². The first-order chi connectivity index (χ1) is 20.2. The minimum absolute atomic E-state index is 0.0401. The molecule has 0 unspecified atom stereocenters. The number of fused-ring (bicyclic) bond motifs is 1. The molecule has 8 nitrogen and oxygen atoms in total. The van der Waals surface area contributed by atoms with E-state index in [-0.39, 0.29) is 18.0 Å². The number of rotatable bonds is 10. The van der Waals surface area contributed by atoms with Gasteiger partial charge >= 0.3 is 6.18 Å². The molecule has 5 rings (SSSR count). The van der Waals surface area contributed by atoms with Gasteiger partial charge in [-0.15, -0.1) is 0 Å². The van der Waals surface area contributed by atoms with Crippen LogP contribution in [0.3, 0.4) is 0 Å². The van der Waals surface area contributed by atoms with E-state index in [9.17, 15) is 28.1 Å². The Balaban J connectivity index is 1.51. The van der Waals surface area contributed by atoms with Gasteiger partial charge in [-0.3, -0.25) is 19.8 Å². The molecule has 11 heteroatoms. The van der Waals surface area contributed by atoms with E-state index in [4.69, 9.17) is 4.74 Å². The number of ether oxygens (including phenoxy) is 1. The third kappa shape index (κ3) is 6.97. The lowest BCUT2D eigenvalue weighted by Crippen LogP contribution is -2.41. The van der Waals surface area contributed by atoms with Crippen molar-refractivity contribution in [2.24, 2.45) is 0 Å². The average Bonchev–Trinajstić information content (AvgIpc) is 3.33. The zero-order valence-corrected chi connectivity index (χ0v) is 22.8. The van der Waals surface area contributed by atoms with Crippen molar-refractivity contribution in [1.82, 2.24) is 14.8 Å². The molecule has 1 aromatic heterocycles. The first-order valence-corrected chi connectivity index (χ1v) is 13.7. The Labute approximate surface area is 240 Å². The summed E-state index contributed by atoms with van der Waals surface area (Å²) in [5.74, 6) is -0.903. The molecule has 1 N–H and O–H groups in total. The number of benzene rings is 3. The zero-order chi connectivity index (χ0) is 29.7. The van der Waals surface area contributed by atoms with Crippen LogP contribution in [0.4, 0.5) is 18.9 Å². The second-order valence-corrected chi connectivity index (χ2v) is 10.3. The number of hydrogen-bond acceptors (Lipinski definition) is 5. The number of carbonyl (C=O) groups is 1. The minimum atomic E-state index is -4.50. The van der Waals surface area contributed by atoms with Gasteiger partial charge in [-0.25, -0.2) is 0 Å². The van der Waals surface area contributed by atoms with Crippen molar-refractivity contribution in [3.05, 3.63) is 111 Å². The van der Waals surface area contributed by atoms with Gasteiger partial charge in [0.1, 0.15) is 0 Å². The van der Waals surface area contributed by atoms with E-state index in [0.717, 1.165) is 36.3 Å². The molecular weight excluding hydrogens is 549 g/mol. The lowest BCUT2D eigenvalue weighted by atomic mass is 9.87. The number of nitrogens with zero attached hydrogens (tertiary/aromatic N) is 3. The summed E-state index contributed by atoms with van der Waals surface area (Å²) in [7, 11) is 0. The van der Waals surface area contributed by atoms with Gasteiger partial charge in [0.2, 0.25) is 5.91 Å². The van der Waals surface area contributed by atoms with E-state index in [0.29, 0.717) is 49.4 Å². The van der Waals surface area contributed by atoms with Gasteiger partial charge in [-0.05, 0) is 34.9 Å². The molecule has 1 saturated heterocycles. The molecule has 3 aromatic carbocycles. The summed E-state index contributed by atoms with van der Waals surface area (Å²) in [4.78, 5) is 26.6. The first kappa shape index (κ1) is 29.3. The second-order valence-electron chi connectivity index (χ2n) is 10.3. The molecule has 0 bridgehead atoms. The van der Waals surface area contributed by atoms with Gasteiger partial charge in [-0.1, -0.05) is 42.5 Å². The number of nitrogens with one attached hydrogen (secondary N) is 1. The van der Waals surface area contributed by atoms with E-state index in [1.807, 2.05) is 41.1 Å². The van der Waals surface area contributed by atoms with Crippen molar-refractivity contribution >= 4 is 22.5 Å².